The molecule has 29 heavy (non-hydrogen) atoms. The number of anilines is 1. The summed E-state index contributed by atoms with van der Waals surface area (Å²) >= 11 is 0. The summed E-state index contributed by atoms with van der Waals surface area (Å²) in [6, 6.07) is 16.3. The van der Waals surface area contributed by atoms with E-state index in [1.165, 1.54) is 4.90 Å². The Morgan fingerprint density at radius 2 is 1.86 bits per heavy atom. The summed E-state index contributed by atoms with van der Waals surface area (Å²) < 4.78 is 5.21. The molecule has 0 saturated heterocycles. The van der Waals surface area contributed by atoms with E-state index in [1.54, 1.807) is 38.6 Å². The minimum Gasteiger partial charge on any atom is -0.497 e. The molecule has 6 nitrogen and oxygen atoms in total. The van der Waals surface area contributed by atoms with Crippen LogP contribution in [-0.4, -0.2) is 37.0 Å². The highest BCUT2D eigenvalue weighted by molar-refractivity contribution is 6.11. The lowest BCUT2D eigenvalue weighted by atomic mass is 10.0. The van der Waals surface area contributed by atoms with Crippen molar-refractivity contribution >= 4 is 17.5 Å². The summed E-state index contributed by atoms with van der Waals surface area (Å²) in [4.78, 5) is 31.4. The number of hydrogen-bond acceptors (Lipinski definition) is 4. The van der Waals surface area contributed by atoms with Gasteiger partial charge in [0.15, 0.2) is 0 Å². The molecule has 0 spiro atoms. The van der Waals surface area contributed by atoms with E-state index in [4.69, 9.17) is 4.74 Å². The Balaban J connectivity index is 1.57. The van der Waals surface area contributed by atoms with Gasteiger partial charge >= 0.3 is 0 Å². The van der Waals surface area contributed by atoms with Crippen LogP contribution in [0.15, 0.2) is 67.0 Å². The van der Waals surface area contributed by atoms with E-state index in [9.17, 15) is 9.59 Å². The van der Waals surface area contributed by atoms with Crippen LogP contribution < -0.4 is 15.0 Å². The third-order valence-corrected chi connectivity index (χ3v) is 5.13. The van der Waals surface area contributed by atoms with E-state index in [-0.39, 0.29) is 11.8 Å². The molecule has 2 heterocycles. The third-order valence-electron chi connectivity index (χ3n) is 5.13. The third kappa shape index (κ3) is 3.69. The largest absolute Gasteiger partial charge is 0.497 e. The highest BCUT2D eigenvalue weighted by Crippen LogP contribution is 2.28. The van der Waals surface area contributed by atoms with Crippen LogP contribution in [0.5, 0.6) is 5.75 Å². The van der Waals surface area contributed by atoms with Crippen molar-refractivity contribution in [3.63, 3.8) is 0 Å². The number of nitrogens with zero attached hydrogens (tertiary/aromatic N) is 2. The van der Waals surface area contributed by atoms with Gasteiger partial charge in [-0.3, -0.25) is 14.6 Å². The van der Waals surface area contributed by atoms with Crippen LogP contribution in [0.1, 0.15) is 15.9 Å². The molecule has 1 N–H and O–H groups in total. The number of nitrogens with one attached hydrogen (secondary N) is 1. The van der Waals surface area contributed by atoms with Crippen LogP contribution in [0.3, 0.4) is 0 Å². The van der Waals surface area contributed by atoms with Crippen molar-refractivity contribution in [1.29, 1.82) is 0 Å². The summed E-state index contributed by atoms with van der Waals surface area (Å²) in [5.74, 6) is 0.136. The molecule has 4 rings (SSSR count). The van der Waals surface area contributed by atoms with Gasteiger partial charge < -0.3 is 15.0 Å². The average Bonchev–Trinajstić information content (AvgIpc) is 2.85. The summed E-state index contributed by atoms with van der Waals surface area (Å²) in [6.45, 7) is 0. The Labute approximate surface area is 169 Å². The maximum absolute atomic E-state index is 13.0. The van der Waals surface area contributed by atoms with Crippen LogP contribution in [0.25, 0.3) is 11.1 Å². The van der Waals surface area contributed by atoms with Crippen molar-refractivity contribution in [1.82, 2.24) is 10.3 Å². The van der Waals surface area contributed by atoms with Gasteiger partial charge in [-0.2, -0.15) is 0 Å². The molecule has 0 saturated carbocycles. The fraction of sp³-hybridized carbons (Fsp3) is 0.174. The number of ether oxygens (including phenoxy) is 1. The Morgan fingerprint density at radius 3 is 2.55 bits per heavy atom. The molecule has 1 unspecified atom stereocenters. The first-order valence-electron chi connectivity index (χ1n) is 9.32. The number of benzene rings is 2. The van der Waals surface area contributed by atoms with Gasteiger partial charge in [0.2, 0.25) is 5.91 Å². The minimum absolute atomic E-state index is 0.154. The molecule has 3 aromatic rings. The monoisotopic (exact) mass is 387 g/mol. The van der Waals surface area contributed by atoms with Crippen molar-refractivity contribution in [2.75, 3.05) is 19.1 Å². The number of methoxy groups -OCH3 is 1. The molecule has 146 valence electrons. The fourth-order valence-corrected chi connectivity index (χ4v) is 3.51. The normalized spacial score (nSPS) is 16.1. The number of aromatic nitrogens is 1. The maximum atomic E-state index is 13.0. The summed E-state index contributed by atoms with van der Waals surface area (Å²) in [7, 11) is 3.23. The first-order chi connectivity index (χ1) is 14.1. The van der Waals surface area contributed by atoms with Crippen molar-refractivity contribution in [3.8, 4) is 16.9 Å². The van der Waals surface area contributed by atoms with E-state index in [0.717, 1.165) is 16.7 Å². The lowest BCUT2D eigenvalue weighted by Crippen LogP contribution is -2.45. The molecule has 0 radical (unpaired) electrons. The SMILES string of the molecule is COc1ccc2c(c1)C(=O)NC(Cc1ccc(-c3cccnc3)cc1)C(=O)N2C. The van der Waals surface area contributed by atoms with E-state index in [0.29, 0.717) is 23.4 Å². The zero-order valence-electron chi connectivity index (χ0n) is 16.3. The van der Waals surface area contributed by atoms with Crippen LogP contribution >= 0.6 is 0 Å². The topological polar surface area (TPSA) is 71.5 Å². The van der Waals surface area contributed by atoms with Gasteiger partial charge in [0, 0.05) is 25.9 Å². The predicted octanol–water partition coefficient (Wildman–Crippen LogP) is 3.07. The molecule has 1 aromatic heterocycles. The first kappa shape index (κ1) is 18.7. The molecule has 0 bridgehead atoms. The second-order valence-electron chi connectivity index (χ2n) is 6.95. The predicted molar refractivity (Wildman–Crippen MR) is 111 cm³/mol. The average molecular weight is 387 g/mol. The molecule has 0 fully saturated rings. The van der Waals surface area contributed by atoms with Crippen molar-refractivity contribution in [3.05, 3.63) is 78.1 Å². The Kier molecular flexibility index (Phi) is 4.99. The second-order valence-corrected chi connectivity index (χ2v) is 6.95. The number of fused-ring (bicyclic) bond motifs is 1. The second kappa shape index (κ2) is 7.75. The van der Waals surface area contributed by atoms with Gasteiger partial charge in [0.25, 0.3) is 5.91 Å². The lowest BCUT2D eigenvalue weighted by molar-refractivity contribution is -0.120. The molecule has 1 aliphatic heterocycles. The van der Waals surface area contributed by atoms with E-state index < -0.39 is 6.04 Å². The van der Waals surface area contributed by atoms with Crippen LogP contribution in [0.4, 0.5) is 5.69 Å². The van der Waals surface area contributed by atoms with Gasteiger partial charge in [-0.15, -0.1) is 0 Å². The highest BCUT2D eigenvalue weighted by Gasteiger charge is 2.32. The molecule has 0 aliphatic carbocycles. The van der Waals surface area contributed by atoms with Crippen molar-refractivity contribution in [2.24, 2.45) is 0 Å². The van der Waals surface area contributed by atoms with E-state index >= 15 is 0 Å². The zero-order chi connectivity index (χ0) is 20.4. The fourth-order valence-electron chi connectivity index (χ4n) is 3.51. The number of hydrogen-bond donors (Lipinski definition) is 1. The van der Waals surface area contributed by atoms with Crippen LogP contribution in [0, 0.1) is 0 Å². The summed E-state index contributed by atoms with van der Waals surface area (Å²) in [6.07, 6.45) is 3.96. The van der Waals surface area contributed by atoms with E-state index in [2.05, 4.69) is 10.3 Å². The van der Waals surface area contributed by atoms with Gasteiger partial charge in [-0.05, 0) is 41.0 Å². The van der Waals surface area contributed by atoms with Gasteiger partial charge in [0.1, 0.15) is 11.8 Å². The Morgan fingerprint density at radius 1 is 1.07 bits per heavy atom. The molecular weight excluding hydrogens is 366 g/mol. The number of amides is 2. The Bertz CT molecular complexity index is 1050. The Hall–Kier alpha value is -3.67. The molecular formula is C23H21N3O3. The quantitative estimate of drug-likeness (QED) is 0.747. The molecule has 2 aromatic carbocycles. The first-order valence-corrected chi connectivity index (χ1v) is 9.32. The lowest BCUT2D eigenvalue weighted by Gasteiger charge is -2.21. The van der Waals surface area contributed by atoms with Gasteiger partial charge in [-0.1, -0.05) is 30.3 Å². The van der Waals surface area contributed by atoms with Crippen LogP contribution in [0.2, 0.25) is 0 Å². The maximum Gasteiger partial charge on any atom is 0.254 e. The number of rotatable bonds is 4. The van der Waals surface area contributed by atoms with Crippen molar-refractivity contribution in [2.45, 2.75) is 12.5 Å². The number of carbonyl (C=O) groups is 2. The van der Waals surface area contributed by atoms with Gasteiger partial charge in [-0.25, -0.2) is 0 Å². The number of pyridine rings is 1. The standard InChI is InChI=1S/C23H21N3O3/c1-26-21-10-9-18(29-2)13-19(21)22(27)25-20(23(26)28)12-15-5-7-16(8-6-15)17-4-3-11-24-14-17/h3-11,13-14,20H,12H2,1-2H3,(H,25,27). The molecule has 2 amide bonds. The number of likely N-dealkylation sites (N-methyl/N-ethyl adjacent to an activating group) is 1. The molecule has 1 aliphatic rings. The minimum atomic E-state index is -0.643. The zero-order valence-corrected chi connectivity index (χ0v) is 16.3. The van der Waals surface area contributed by atoms with Crippen LogP contribution in [-0.2, 0) is 11.2 Å². The van der Waals surface area contributed by atoms with Crippen molar-refractivity contribution < 1.29 is 14.3 Å². The molecule has 1 atom stereocenters. The smallest absolute Gasteiger partial charge is 0.254 e. The number of carbonyl (C=O) groups excluding carboxylic acids is 2. The van der Waals surface area contributed by atoms with E-state index in [1.807, 2.05) is 42.6 Å². The van der Waals surface area contributed by atoms with Gasteiger partial charge in [0.05, 0.1) is 18.4 Å². The summed E-state index contributed by atoms with van der Waals surface area (Å²) in [5.41, 5.74) is 4.04. The summed E-state index contributed by atoms with van der Waals surface area (Å²) in [5, 5.41) is 2.87. The highest BCUT2D eigenvalue weighted by atomic mass is 16.5. The molecule has 6 heteroatoms.